The minimum atomic E-state index is -0.631. The highest BCUT2D eigenvalue weighted by Gasteiger charge is 2.35. The molecule has 1 aliphatic rings. The molecule has 0 N–H and O–H groups in total. The van der Waals surface area contributed by atoms with Crippen LogP contribution in [0, 0.1) is 22.7 Å². The van der Waals surface area contributed by atoms with Crippen molar-refractivity contribution >= 4 is 11.9 Å². The second-order valence-electron chi connectivity index (χ2n) is 10.6. The van der Waals surface area contributed by atoms with Crippen molar-refractivity contribution in [1.29, 1.82) is 0 Å². The van der Waals surface area contributed by atoms with Crippen molar-refractivity contribution in [2.24, 2.45) is 10.8 Å². The molecule has 1 heterocycles. The molecule has 5 nitrogen and oxygen atoms in total. The third kappa shape index (κ3) is 11.2. The highest BCUT2D eigenvalue weighted by molar-refractivity contribution is 5.76. The summed E-state index contributed by atoms with van der Waals surface area (Å²) < 4.78 is 17.1. The zero-order valence-electron chi connectivity index (χ0n) is 21.3. The second kappa shape index (κ2) is 13.7. The van der Waals surface area contributed by atoms with E-state index in [9.17, 15) is 9.59 Å². The summed E-state index contributed by atoms with van der Waals surface area (Å²) in [5.41, 5.74) is -1.24. The van der Waals surface area contributed by atoms with Crippen LogP contribution >= 0.6 is 0 Å². The lowest BCUT2D eigenvalue weighted by Crippen LogP contribution is -2.43. The number of ether oxygens (including phenoxy) is 3. The molecule has 0 saturated carbocycles. The first-order chi connectivity index (χ1) is 14.9. The quantitative estimate of drug-likeness (QED) is 0.177. The van der Waals surface area contributed by atoms with Crippen molar-refractivity contribution in [1.82, 2.24) is 0 Å². The molecule has 0 radical (unpaired) electrons. The SMILES string of the molecule is CCCCCCCCCC#C[C@@H]1C=C[C@H](OC(=O)C(C)(C)C)[C@@H](COC(=O)C(C)(C)C)O1. The lowest BCUT2D eigenvalue weighted by atomic mass is 9.97. The Morgan fingerprint density at radius 2 is 1.47 bits per heavy atom. The minimum Gasteiger partial charge on any atom is -0.462 e. The van der Waals surface area contributed by atoms with Crippen LogP contribution in [0.5, 0.6) is 0 Å². The fourth-order valence-corrected chi connectivity index (χ4v) is 2.99. The van der Waals surface area contributed by atoms with Gasteiger partial charge in [0.05, 0.1) is 10.8 Å². The predicted octanol–water partition coefficient (Wildman–Crippen LogP) is 6.00. The Labute approximate surface area is 195 Å². The zero-order chi connectivity index (χ0) is 24.2. The van der Waals surface area contributed by atoms with E-state index in [1.807, 2.05) is 6.08 Å². The molecule has 0 aliphatic carbocycles. The van der Waals surface area contributed by atoms with Gasteiger partial charge in [0.25, 0.3) is 0 Å². The van der Waals surface area contributed by atoms with Crippen LogP contribution in [0.2, 0.25) is 0 Å². The Kier molecular flexibility index (Phi) is 12.1. The van der Waals surface area contributed by atoms with E-state index in [1.54, 1.807) is 47.6 Å². The molecule has 0 aromatic rings. The highest BCUT2D eigenvalue weighted by Crippen LogP contribution is 2.23. The van der Waals surface area contributed by atoms with Crippen LogP contribution in [-0.4, -0.2) is 36.9 Å². The van der Waals surface area contributed by atoms with Gasteiger partial charge in [0.15, 0.2) is 0 Å². The topological polar surface area (TPSA) is 61.8 Å². The Balaban J connectivity index is 2.64. The van der Waals surface area contributed by atoms with Crippen molar-refractivity contribution in [2.75, 3.05) is 6.61 Å². The van der Waals surface area contributed by atoms with E-state index in [-0.39, 0.29) is 18.5 Å². The molecule has 1 rings (SSSR count). The van der Waals surface area contributed by atoms with E-state index in [4.69, 9.17) is 14.2 Å². The number of esters is 2. The minimum absolute atomic E-state index is 0.0124. The van der Waals surface area contributed by atoms with E-state index in [0.29, 0.717) is 0 Å². The molecular weight excluding hydrogens is 404 g/mol. The van der Waals surface area contributed by atoms with Gasteiger partial charge >= 0.3 is 11.9 Å². The Bertz CT molecular complexity index is 669. The van der Waals surface area contributed by atoms with Gasteiger partial charge in [-0.2, -0.15) is 0 Å². The fraction of sp³-hybridized carbons (Fsp3) is 0.778. The van der Waals surface area contributed by atoms with Gasteiger partial charge in [-0.3, -0.25) is 9.59 Å². The summed E-state index contributed by atoms with van der Waals surface area (Å²) in [4.78, 5) is 24.6. The molecule has 0 spiro atoms. The summed E-state index contributed by atoms with van der Waals surface area (Å²) in [5, 5.41) is 0. The van der Waals surface area contributed by atoms with E-state index in [2.05, 4.69) is 18.8 Å². The average Bonchev–Trinajstić information content (AvgIpc) is 2.70. The van der Waals surface area contributed by atoms with Gasteiger partial charge in [0, 0.05) is 6.42 Å². The number of hydrogen-bond acceptors (Lipinski definition) is 5. The Morgan fingerprint density at radius 1 is 0.875 bits per heavy atom. The van der Waals surface area contributed by atoms with Crippen LogP contribution < -0.4 is 0 Å². The summed E-state index contributed by atoms with van der Waals surface area (Å²) in [5.74, 6) is 5.70. The summed E-state index contributed by atoms with van der Waals surface area (Å²) in [7, 11) is 0. The molecule has 0 saturated heterocycles. The number of unbranched alkanes of at least 4 members (excludes halogenated alkanes) is 7. The van der Waals surface area contributed by atoms with E-state index >= 15 is 0 Å². The predicted molar refractivity (Wildman–Crippen MR) is 128 cm³/mol. The maximum Gasteiger partial charge on any atom is 0.311 e. The van der Waals surface area contributed by atoms with Gasteiger partial charge in [0.1, 0.15) is 24.9 Å². The van der Waals surface area contributed by atoms with Gasteiger partial charge < -0.3 is 14.2 Å². The Hall–Kier alpha value is -1.80. The van der Waals surface area contributed by atoms with Gasteiger partial charge in [-0.25, -0.2) is 0 Å². The molecule has 3 atom stereocenters. The first-order valence-electron chi connectivity index (χ1n) is 12.2. The Morgan fingerprint density at radius 3 is 2.06 bits per heavy atom. The van der Waals surface area contributed by atoms with Gasteiger partial charge in [-0.15, -0.1) is 5.92 Å². The van der Waals surface area contributed by atoms with Crippen LogP contribution in [0.1, 0.15) is 99.8 Å². The maximum atomic E-state index is 12.4. The molecule has 0 unspecified atom stereocenters. The lowest BCUT2D eigenvalue weighted by molar-refractivity contribution is -0.173. The number of rotatable bonds is 10. The molecule has 1 aliphatic heterocycles. The van der Waals surface area contributed by atoms with Crippen molar-refractivity contribution in [2.45, 2.75) is 118 Å². The summed E-state index contributed by atoms with van der Waals surface area (Å²) >= 11 is 0. The zero-order valence-corrected chi connectivity index (χ0v) is 21.3. The smallest absolute Gasteiger partial charge is 0.311 e. The first-order valence-corrected chi connectivity index (χ1v) is 12.2. The van der Waals surface area contributed by atoms with E-state index in [0.717, 1.165) is 12.8 Å². The third-order valence-corrected chi connectivity index (χ3v) is 5.16. The monoisotopic (exact) mass is 448 g/mol. The summed E-state index contributed by atoms with van der Waals surface area (Å²) in [6.07, 6.45) is 11.6. The molecule has 0 aromatic carbocycles. The van der Waals surface area contributed by atoms with Crippen LogP contribution in [0.25, 0.3) is 0 Å². The summed E-state index contributed by atoms with van der Waals surface area (Å²) in [6, 6.07) is 0. The van der Waals surface area contributed by atoms with Crippen molar-refractivity contribution < 1.29 is 23.8 Å². The molecule has 0 fully saturated rings. The maximum absolute atomic E-state index is 12.4. The van der Waals surface area contributed by atoms with Crippen molar-refractivity contribution in [3.8, 4) is 11.8 Å². The normalized spacial score (nSPS) is 20.9. The molecule has 0 bridgehead atoms. The van der Waals surface area contributed by atoms with Gasteiger partial charge in [-0.05, 0) is 60.1 Å². The van der Waals surface area contributed by atoms with Gasteiger partial charge in [-0.1, -0.05) is 51.4 Å². The van der Waals surface area contributed by atoms with Crippen molar-refractivity contribution in [3.63, 3.8) is 0 Å². The fourth-order valence-electron chi connectivity index (χ4n) is 2.99. The second-order valence-corrected chi connectivity index (χ2v) is 10.6. The number of carbonyl (C=O) groups excluding carboxylic acids is 2. The molecule has 182 valence electrons. The molecule has 32 heavy (non-hydrogen) atoms. The third-order valence-electron chi connectivity index (χ3n) is 5.16. The average molecular weight is 449 g/mol. The van der Waals surface area contributed by atoms with Crippen LogP contribution in [0.15, 0.2) is 12.2 Å². The van der Waals surface area contributed by atoms with Crippen LogP contribution in [0.3, 0.4) is 0 Å². The number of carbonyl (C=O) groups is 2. The number of hydrogen-bond donors (Lipinski definition) is 0. The van der Waals surface area contributed by atoms with Crippen LogP contribution in [0.4, 0.5) is 0 Å². The van der Waals surface area contributed by atoms with E-state index in [1.165, 1.54) is 38.5 Å². The standard InChI is InChI=1S/C27H44O5/c1-8-9-10-11-12-13-14-15-16-17-21-18-19-22(32-25(29)27(5,6)7)23(31-21)20-30-24(28)26(2,3)4/h18-19,21-23H,8-15,20H2,1-7H3/t21-,22+,23-/m1/s1. The molecular formula is C27H44O5. The summed E-state index contributed by atoms with van der Waals surface area (Å²) in [6.45, 7) is 13.0. The molecule has 0 aromatic heterocycles. The first kappa shape index (κ1) is 28.2. The van der Waals surface area contributed by atoms with Crippen LogP contribution in [-0.2, 0) is 23.8 Å². The lowest BCUT2D eigenvalue weighted by Gasteiger charge is -2.32. The molecule has 5 heteroatoms. The molecule has 0 amide bonds. The van der Waals surface area contributed by atoms with Crippen molar-refractivity contribution in [3.05, 3.63) is 12.2 Å². The van der Waals surface area contributed by atoms with Gasteiger partial charge in [0.2, 0.25) is 0 Å². The highest BCUT2D eigenvalue weighted by atomic mass is 16.6. The largest absolute Gasteiger partial charge is 0.462 e. The van der Waals surface area contributed by atoms with E-state index < -0.39 is 29.1 Å².